The van der Waals surface area contributed by atoms with Crippen LogP contribution in [0.25, 0.3) is 11.3 Å². The lowest BCUT2D eigenvalue weighted by molar-refractivity contribution is -0.127. The van der Waals surface area contributed by atoms with Gasteiger partial charge in [-0.2, -0.15) is 0 Å². The predicted molar refractivity (Wildman–Crippen MR) is 139 cm³/mol. The molecule has 0 aliphatic carbocycles. The topological polar surface area (TPSA) is 109 Å². The van der Waals surface area contributed by atoms with Crippen LogP contribution >= 0.6 is 0 Å². The number of amides is 2. The summed E-state index contributed by atoms with van der Waals surface area (Å²) in [6.07, 6.45) is 5.87. The third kappa shape index (κ3) is 5.46. The maximum atomic E-state index is 14.2. The number of aromatic nitrogens is 2. The van der Waals surface area contributed by atoms with E-state index in [1.807, 2.05) is 0 Å². The Labute approximate surface area is 218 Å². The first-order chi connectivity index (χ1) is 18.3. The SMILES string of the molecule is C=C(F)C(=O)N1CCCC1.COc1cnccc1-c1[nH]c2c(c1Nc1cccc(F)c1OC)C(=O)NCC2. The minimum atomic E-state index is -0.845. The first kappa shape index (κ1) is 26.6. The molecule has 0 unspecified atom stereocenters. The van der Waals surface area contributed by atoms with Gasteiger partial charge >= 0.3 is 0 Å². The molecule has 1 saturated heterocycles. The molecule has 2 aliphatic heterocycles. The smallest absolute Gasteiger partial charge is 0.281 e. The molecule has 1 fully saturated rings. The van der Waals surface area contributed by atoms with Crippen LogP contribution in [0.3, 0.4) is 0 Å². The number of carbonyl (C=O) groups excluding carboxylic acids is 2. The lowest BCUT2D eigenvalue weighted by Gasteiger charge is -2.17. The number of hydrogen-bond donors (Lipinski definition) is 3. The Bertz CT molecular complexity index is 1350. The fourth-order valence-electron chi connectivity index (χ4n) is 4.50. The molecule has 11 heteroatoms. The zero-order valence-corrected chi connectivity index (χ0v) is 21.2. The number of para-hydroxylation sites is 1. The van der Waals surface area contributed by atoms with Crippen LogP contribution in [0.4, 0.5) is 20.2 Å². The van der Waals surface area contributed by atoms with Gasteiger partial charge in [0.1, 0.15) is 5.75 Å². The van der Waals surface area contributed by atoms with E-state index in [1.54, 1.807) is 37.7 Å². The zero-order chi connectivity index (χ0) is 27.2. The monoisotopic (exact) mass is 525 g/mol. The summed E-state index contributed by atoms with van der Waals surface area (Å²) >= 11 is 0. The molecule has 38 heavy (non-hydrogen) atoms. The fourth-order valence-corrected chi connectivity index (χ4v) is 4.50. The largest absolute Gasteiger partial charge is 0.494 e. The van der Waals surface area contributed by atoms with Crippen LogP contribution in [0, 0.1) is 5.82 Å². The Hall–Kier alpha value is -4.41. The van der Waals surface area contributed by atoms with E-state index in [1.165, 1.54) is 18.1 Å². The van der Waals surface area contributed by atoms with Gasteiger partial charge < -0.3 is 30.0 Å². The molecule has 0 spiro atoms. The number of nitrogens with zero attached hydrogens (tertiary/aromatic N) is 2. The summed E-state index contributed by atoms with van der Waals surface area (Å²) < 4.78 is 37.0. The van der Waals surface area contributed by atoms with E-state index >= 15 is 0 Å². The van der Waals surface area contributed by atoms with Crippen LogP contribution in [0.1, 0.15) is 28.9 Å². The van der Waals surface area contributed by atoms with Crippen molar-refractivity contribution in [3.8, 4) is 22.8 Å². The lowest BCUT2D eigenvalue weighted by atomic mass is 10.0. The number of pyridine rings is 1. The molecule has 1 aromatic carbocycles. The Kier molecular flexibility index (Phi) is 8.25. The van der Waals surface area contributed by atoms with Crippen molar-refractivity contribution in [2.24, 2.45) is 0 Å². The Morgan fingerprint density at radius 1 is 1.18 bits per heavy atom. The number of aromatic amines is 1. The number of halogens is 2. The zero-order valence-electron chi connectivity index (χ0n) is 21.2. The molecule has 0 atom stereocenters. The molecule has 9 nitrogen and oxygen atoms in total. The predicted octanol–water partition coefficient (Wildman–Crippen LogP) is 4.35. The quantitative estimate of drug-likeness (QED) is 0.413. The van der Waals surface area contributed by atoms with E-state index in [2.05, 4.69) is 27.2 Å². The minimum absolute atomic E-state index is 0.0707. The van der Waals surface area contributed by atoms with Gasteiger partial charge in [0.15, 0.2) is 17.4 Å². The van der Waals surface area contributed by atoms with E-state index in [0.717, 1.165) is 24.1 Å². The van der Waals surface area contributed by atoms with Gasteiger partial charge in [-0.05, 0) is 31.0 Å². The molecule has 4 heterocycles. The van der Waals surface area contributed by atoms with Crippen LogP contribution < -0.4 is 20.1 Å². The third-order valence-electron chi connectivity index (χ3n) is 6.30. The van der Waals surface area contributed by atoms with Gasteiger partial charge in [-0.25, -0.2) is 8.78 Å². The molecule has 0 radical (unpaired) electrons. The average molecular weight is 526 g/mol. The van der Waals surface area contributed by atoms with Gasteiger partial charge in [0.25, 0.3) is 11.8 Å². The van der Waals surface area contributed by atoms with E-state index in [4.69, 9.17) is 9.47 Å². The Balaban J connectivity index is 0.000000283. The second kappa shape index (κ2) is 11.8. The summed E-state index contributed by atoms with van der Waals surface area (Å²) in [7, 11) is 2.95. The van der Waals surface area contributed by atoms with Crippen LogP contribution in [-0.4, -0.2) is 60.5 Å². The van der Waals surface area contributed by atoms with Gasteiger partial charge in [-0.15, -0.1) is 0 Å². The van der Waals surface area contributed by atoms with Crippen molar-refractivity contribution in [1.29, 1.82) is 0 Å². The third-order valence-corrected chi connectivity index (χ3v) is 6.30. The molecular weight excluding hydrogens is 496 g/mol. The highest BCUT2D eigenvalue weighted by molar-refractivity contribution is 6.06. The lowest BCUT2D eigenvalue weighted by Crippen LogP contribution is -2.31. The molecule has 0 saturated carbocycles. The molecule has 3 N–H and O–H groups in total. The highest BCUT2D eigenvalue weighted by Crippen LogP contribution is 2.41. The van der Waals surface area contributed by atoms with E-state index in [0.29, 0.717) is 54.4 Å². The number of methoxy groups -OCH3 is 2. The summed E-state index contributed by atoms with van der Waals surface area (Å²) in [5.41, 5.74) is 3.63. The van der Waals surface area contributed by atoms with Crippen LogP contribution in [-0.2, 0) is 11.2 Å². The minimum Gasteiger partial charge on any atom is -0.494 e. The van der Waals surface area contributed by atoms with Crippen LogP contribution in [0.15, 0.2) is 49.1 Å². The molecule has 200 valence electrons. The van der Waals surface area contributed by atoms with E-state index < -0.39 is 17.6 Å². The van der Waals surface area contributed by atoms with Gasteiger partial charge in [0.05, 0.1) is 43.0 Å². The average Bonchev–Trinajstić information content (AvgIpc) is 3.58. The van der Waals surface area contributed by atoms with Crippen molar-refractivity contribution >= 4 is 23.2 Å². The molecule has 5 rings (SSSR count). The van der Waals surface area contributed by atoms with Gasteiger partial charge in [-0.1, -0.05) is 12.6 Å². The number of nitrogens with one attached hydrogen (secondary N) is 3. The number of likely N-dealkylation sites (tertiary alicyclic amines) is 1. The summed E-state index contributed by atoms with van der Waals surface area (Å²) in [4.78, 5) is 32.3. The molecule has 2 aliphatic rings. The molecule has 0 bridgehead atoms. The number of benzene rings is 1. The van der Waals surface area contributed by atoms with Crippen molar-refractivity contribution in [3.05, 3.63) is 66.1 Å². The molecular formula is C27H29F2N5O4. The highest BCUT2D eigenvalue weighted by atomic mass is 19.1. The van der Waals surface area contributed by atoms with Crippen molar-refractivity contribution in [2.45, 2.75) is 19.3 Å². The van der Waals surface area contributed by atoms with Crippen molar-refractivity contribution in [1.82, 2.24) is 20.2 Å². The van der Waals surface area contributed by atoms with Gasteiger partial charge in [-0.3, -0.25) is 14.6 Å². The fraction of sp³-hybridized carbons (Fsp3) is 0.296. The number of fused-ring (bicyclic) bond motifs is 1. The second-order valence-electron chi connectivity index (χ2n) is 8.66. The normalized spacial score (nSPS) is 14.1. The molecule has 2 amide bonds. The Morgan fingerprint density at radius 2 is 1.95 bits per heavy atom. The van der Waals surface area contributed by atoms with Crippen molar-refractivity contribution < 1.29 is 27.8 Å². The number of ether oxygens (including phenoxy) is 2. The van der Waals surface area contributed by atoms with Gasteiger partial charge in [0, 0.05) is 43.5 Å². The number of hydrogen-bond acceptors (Lipinski definition) is 6. The Morgan fingerprint density at radius 3 is 2.63 bits per heavy atom. The van der Waals surface area contributed by atoms with Crippen LogP contribution in [0.5, 0.6) is 11.5 Å². The standard InChI is InChI=1S/C20H19FN4O3.C7H10FNO/c1-27-15-10-22-8-6-11(15)17-18(16-13(24-17)7-9-23-20(16)26)25-14-5-3-4-12(21)19(14)28-2;1-6(8)7(10)9-4-2-3-5-9/h3-6,8,10,24-25H,7,9H2,1-2H3,(H,23,26);1-5H2. The maximum absolute atomic E-state index is 14.2. The summed E-state index contributed by atoms with van der Waals surface area (Å²) in [5.74, 6) is -1.46. The number of anilines is 2. The maximum Gasteiger partial charge on any atom is 0.281 e. The first-order valence-corrected chi connectivity index (χ1v) is 12.1. The first-order valence-electron chi connectivity index (χ1n) is 12.1. The highest BCUT2D eigenvalue weighted by Gasteiger charge is 2.28. The van der Waals surface area contributed by atoms with Crippen molar-refractivity contribution in [3.63, 3.8) is 0 Å². The van der Waals surface area contributed by atoms with Crippen molar-refractivity contribution in [2.75, 3.05) is 39.2 Å². The van der Waals surface area contributed by atoms with Gasteiger partial charge in [0.2, 0.25) is 0 Å². The van der Waals surface area contributed by atoms with E-state index in [9.17, 15) is 18.4 Å². The van der Waals surface area contributed by atoms with Crippen LogP contribution in [0.2, 0.25) is 0 Å². The summed E-state index contributed by atoms with van der Waals surface area (Å²) in [6, 6.07) is 6.37. The number of carbonyl (C=O) groups is 2. The number of H-pyrrole nitrogens is 1. The second-order valence-corrected chi connectivity index (χ2v) is 8.66. The summed E-state index contributed by atoms with van der Waals surface area (Å²) in [6.45, 7) is 4.85. The van der Waals surface area contributed by atoms with E-state index in [-0.39, 0.29) is 11.7 Å². The number of rotatable bonds is 6. The molecule has 3 aromatic rings. The summed E-state index contributed by atoms with van der Waals surface area (Å²) in [5, 5.41) is 6.04. The molecule has 2 aromatic heterocycles.